The van der Waals surface area contributed by atoms with Gasteiger partial charge in [0, 0.05) is 6.07 Å². The third-order valence-corrected chi connectivity index (χ3v) is 4.79. The molecule has 2 aromatic carbocycles. The largest absolute Gasteiger partial charge is 0.508 e. The van der Waals surface area contributed by atoms with Gasteiger partial charge in [0.2, 0.25) is 0 Å². The van der Waals surface area contributed by atoms with Crippen LogP contribution in [0.5, 0.6) is 23.0 Å². The van der Waals surface area contributed by atoms with Gasteiger partial charge in [-0.25, -0.2) is 0 Å². The molecule has 2 atom stereocenters. The van der Waals surface area contributed by atoms with E-state index >= 15 is 0 Å². The molecular weight excluding hydrogens is 336 g/mol. The van der Waals surface area contributed by atoms with Crippen LogP contribution in [0.15, 0.2) is 36.4 Å². The number of aliphatic hydroxyl groups excluding tert-OH is 1. The Labute approximate surface area is 149 Å². The van der Waals surface area contributed by atoms with E-state index in [4.69, 9.17) is 9.47 Å². The van der Waals surface area contributed by atoms with Gasteiger partial charge in [-0.05, 0) is 36.8 Å². The number of carbonyl (C=O) groups excluding carboxylic acids is 1. The van der Waals surface area contributed by atoms with Crippen molar-refractivity contribution < 1.29 is 29.6 Å². The van der Waals surface area contributed by atoms with E-state index in [1.54, 1.807) is 37.3 Å². The van der Waals surface area contributed by atoms with Crippen molar-refractivity contribution in [1.82, 2.24) is 0 Å². The molecule has 2 aliphatic heterocycles. The highest BCUT2D eigenvalue weighted by atomic mass is 16.5. The number of hydrogen-bond acceptors (Lipinski definition) is 6. The summed E-state index contributed by atoms with van der Waals surface area (Å²) in [6.07, 6.45) is 3.29. The van der Waals surface area contributed by atoms with E-state index < -0.39 is 11.5 Å². The molecule has 3 N–H and O–H groups in total. The molecular formula is C20H18O6. The van der Waals surface area contributed by atoms with E-state index in [0.717, 1.165) is 0 Å². The van der Waals surface area contributed by atoms with Gasteiger partial charge >= 0.3 is 0 Å². The van der Waals surface area contributed by atoms with Gasteiger partial charge < -0.3 is 24.8 Å². The normalized spacial score (nSPS) is 23.6. The number of phenols is 2. The zero-order valence-corrected chi connectivity index (χ0v) is 14.1. The molecule has 2 aliphatic rings. The summed E-state index contributed by atoms with van der Waals surface area (Å²) in [7, 11) is 0. The molecule has 0 unspecified atom stereocenters. The summed E-state index contributed by atoms with van der Waals surface area (Å²) < 4.78 is 11.5. The average Bonchev–Trinajstić information content (AvgIpc) is 2.63. The van der Waals surface area contributed by atoms with Crippen LogP contribution in [0.1, 0.15) is 34.3 Å². The first-order valence-electron chi connectivity index (χ1n) is 8.27. The molecule has 0 saturated heterocycles. The van der Waals surface area contributed by atoms with E-state index in [0.29, 0.717) is 16.9 Å². The Kier molecular flexibility index (Phi) is 3.66. The molecule has 0 amide bonds. The van der Waals surface area contributed by atoms with Crippen molar-refractivity contribution in [3.05, 3.63) is 53.1 Å². The lowest BCUT2D eigenvalue weighted by Gasteiger charge is -2.32. The zero-order chi connectivity index (χ0) is 18.5. The van der Waals surface area contributed by atoms with Crippen molar-refractivity contribution in [1.29, 1.82) is 0 Å². The molecule has 4 rings (SSSR count). The van der Waals surface area contributed by atoms with Crippen molar-refractivity contribution in [3.8, 4) is 23.0 Å². The van der Waals surface area contributed by atoms with Crippen molar-refractivity contribution in [3.63, 3.8) is 0 Å². The Morgan fingerprint density at radius 2 is 1.92 bits per heavy atom. The summed E-state index contributed by atoms with van der Waals surface area (Å²) in [5, 5.41) is 29.6. The summed E-state index contributed by atoms with van der Waals surface area (Å²) in [5.74, 6) is -0.274. The number of hydrogen-bond donors (Lipinski definition) is 3. The second-order valence-corrected chi connectivity index (χ2v) is 6.74. The number of phenolic OH excluding ortho intramolecular Hbond substituents is 2. The maximum Gasteiger partial charge on any atom is 0.181 e. The molecule has 6 nitrogen and oxygen atoms in total. The third kappa shape index (κ3) is 2.50. The molecule has 0 aliphatic carbocycles. The van der Waals surface area contributed by atoms with E-state index in [2.05, 4.69) is 0 Å². The summed E-state index contributed by atoms with van der Waals surface area (Å²) in [5.41, 5.74) is 0.322. The summed E-state index contributed by atoms with van der Waals surface area (Å²) in [6.45, 7) is 1.63. The number of ketones is 1. The number of benzene rings is 2. The first-order chi connectivity index (χ1) is 12.4. The highest BCUT2D eigenvalue weighted by molar-refractivity contribution is 6.07. The second kappa shape index (κ2) is 5.78. The first-order valence-corrected chi connectivity index (χ1v) is 8.27. The van der Waals surface area contributed by atoms with Gasteiger partial charge in [-0.1, -0.05) is 12.1 Å². The average molecular weight is 354 g/mol. The topological polar surface area (TPSA) is 96.2 Å². The molecule has 0 fully saturated rings. The SMILES string of the molecule is C[C@]1(CO)C=Cc2c(cc3c(c2O)C(=O)[C@@H](c2ccc(O)cc2)CO3)O1. The monoisotopic (exact) mass is 354 g/mol. The fourth-order valence-electron chi connectivity index (χ4n) is 3.24. The van der Waals surface area contributed by atoms with Crippen molar-refractivity contribution in [2.45, 2.75) is 18.4 Å². The van der Waals surface area contributed by atoms with Gasteiger partial charge in [0.05, 0.1) is 18.1 Å². The van der Waals surface area contributed by atoms with Gasteiger partial charge in [-0.15, -0.1) is 0 Å². The van der Waals surface area contributed by atoms with Gasteiger partial charge in [-0.2, -0.15) is 0 Å². The number of ether oxygens (including phenoxy) is 2. The maximum atomic E-state index is 13.0. The number of fused-ring (bicyclic) bond motifs is 2. The number of aliphatic hydroxyl groups is 1. The minimum atomic E-state index is -0.888. The number of carbonyl (C=O) groups is 1. The van der Waals surface area contributed by atoms with Crippen LogP contribution in [0.2, 0.25) is 0 Å². The number of Topliss-reactive ketones (excluding diaryl/α,β-unsaturated/α-hetero) is 1. The van der Waals surface area contributed by atoms with Crippen molar-refractivity contribution >= 4 is 11.9 Å². The quantitative estimate of drug-likeness (QED) is 0.767. The molecule has 0 saturated carbocycles. The third-order valence-electron chi connectivity index (χ3n) is 4.79. The fraction of sp³-hybridized carbons (Fsp3) is 0.250. The molecule has 134 valence electrons. The van der Waals surface area contributed by atoms with Crippen LogP contribution in [-0.2, 0) is 0 Å². The molecule has 2 heterocycles. The Morgan fingerprint density at radius 1 is 1.19 bits per heavy atom. The zero-order valence-electron chi connectivity index (χ0n) is 14.1. The Balaban J connectivity index is 1.76. The summed E-state index contributed by atoms with van der Waals surface area (Å²) in [6, 6.07) is 7.93. The van der Waals surface area contributed by atoms with E-state index in [1.807, 2.05) is 0 Å². The Hall–Kier alpha value is -2.99. The standard InChI is InChI=1S/C20H18O6/c1-20(10-21)7-6-13-15(26-20)8-16-17(18(13)23)19(24)14(9-25-16)11-2-4-12(22)5-3-11/h2-8,14,21-23H,9-10H2,1H3/t14-,20-/m1/s1. The highest BCUT2D eigenvalue weighted by Crippen LogP contribution is 2.46. The summed E-state index contributed by atoms with van der Waals surface area (Å²) >= 11 is 0. The summed E-state index contributed by atoms with van der Waals surface area (Å²) in [4.78, 5) is 13.0. The van der Waals surface area contributed by atoms with Gasteiger partial charge in [0.15, 0.2) is 5.78 Å². The highest BCUT2D eigenvalue weighted by Gasteiger charge is 2.37. The molecule has 0 spiro atoms. The van der Waals surface area contributed by atoms with Crippen LogP contribution in [0, 0.1) is 0 Å². The van der Waals surface area contributed by atoms with E-state index in [-0.39, 0.29) is 41.8 Å². The van der Waals surface area contributed by atoms with Crippen molar-refractivity contribution in [2.75, 3.05) is 13.2 Å². The van der Waals surface area contributed by atoms with E-state index in [1.165, 1.54) is 12.1 Å². The van der Waals surface area contributed by atoms with Gasteiger partial charge in [0.25, 0.3) is 0 Å². The molecule has 0 radical (unpaired) electrons. The van der Waals surface area contributed by atoms with Gasteiger partial charge in [0.1, 0.15) is 40.8 Å². The predicted octanol–water partition coefficient (Wildman–Crippen LogP) is 2.61. The fourth-order valence-corrected chi connectivity index (χ4v) is 3.24. The molecule has 0 aromatic heterocycles. The molecule has 2 aromatic rings. The lowest BCUT2D eigenvalue weighted by molar-refractivity contribution is 0.0632. The minimum Gasteiger partial charge on any atom is -0.508 e. The second-order valence-electron chi connectivity index (χ2n) is 6.74. The number of aromatic hydroxyl groups is 2. The minimum absolute atomic E-state index is 0.115. The van der Waals surface area contributed by atoms with Gasteiger partial charge in [-0.3, -0.25) is 4.79 Å². The maximum absolute atomic E-state index is 13.0. The van der Waals surface area contributed by atoms with Crippen molar-refractivity contribution in [2.24, 2.45) is 0 Å². The first kappa shape index (κ1) is 16.5. The smallest absolute Gasteiger partial charge is 0.181 e. The van der Waals surface area contributed by atoms with E-state index in [9.17, 15) is 20.1 Å². The van der Waals surface area contributed by atoms with Crippen LogP contribution in [0.3, 0.4) is 0 Å². The Bertz CT molecular complexity index is 915. The molecule has 26 heavy (non-hydrogen) atoms. The predicted molar refractivity (Wildman–Crippen MR) is 93.9 cm³/mol. The Morgan fingerprint density at radius 3 is 2.62 bits per heavy atom. The van der Waals surface area contributed by atoms with Crippen LogP contribution in [0.4, 0.5) is 0 Å². The van der Waals surface area contributed by atoms with Crippen LogP contribution in [0.25, 0.3) is 6.08 Å². The van der Waals surface area contributed by atoms with Crippen LogP contribution >= 0.6 is 0 Å². The lowest BCUT2D eigenvalue weighted by Crippen LogP contribution is -2.36. The molecule has 0 bridgehead atoms. The van der Waals surface area contributed by atoms with Crippen LogP contribution < -0.4 is 9.47 Å². The number of rotatable bonds is 2. The lowest BCUT2D eigenvalue weighted by atomic mass is 9.87. The van der Waals surface area contributed by atoms with Crippen LogP contribution in [-0.4, -0.2) is 39.9 Å². The molecule has 6 heteroatoms.